The fourth-order valence-corrected chi connectivity index (χ4v) is 2.55. The molecular weight excluding hydrogens is 186 g/mol. The molecule has 15 heavy (non-hydrogen) atoms. The maximum absolute atomic E-state index is 5.97. The normalized spacial score (nSPS) is 21.9. The zero-order valence-corrected chi connectivity index (χ0v) is 10.0. The predicted octanol–water partition coefficient (Wildman–Crippen LogP) is 2.34. The molecule has 2 heteroatoms. The van der Waals surface area contributed by atoms with Crippen molar-refractivity contribution in [1.82, 2.24) is 5.32 Å². The first kappa shape index (κ1) is 12.5. The minimum Gasteiger partial charge on any atom is -0.373 e. The molecule has 0 heterocycles. The molecule has 0 aliphatic heterocycles. The second-order valence-electron chi connectivity index (χ2n) is 4.22. The molecule has 0 radical (unpaired) electrons. The fourth-order valence-electron chi connectivity index (χ4n) is 2.55. The van der Waals surface area contributed by atoms with E-state index in [2.05, 4.69) is 25.1 Å². The number of terminal acetylenes is 1. The Balaban J connectivity index is 2.72. The summed E-state index contributed by atoms with van der Waals surface area (Å²) in [6.45, 7) is 5.80. The molecule has 1 atom stereocenters. The Kier molecular flexibility index (Phi) is 5.14. The van der Waals surface area contributed by atoms with Crippen LogP contribution in [-0.2, 0) is 4.74 Å². The van der Waals surface area contributed by atoms with E-state index >= 15 is 0 Å². The first-order chi connectivity index (χ1) is 7.29. The molecule has 0 saturated heterocycles. The lowest BCUT2D eigenvalue weighted by atomic mass is 9.79. The third-order valence-corrected chi connectivity index (χ3v) is 3.23. The van der Waals surface area contributed by atoms with Crippen molar-refractivity contribution in [3.8, 4) is 12.3 Å². The van der Waals surface area contributed by atoms with Crippen molar-refractivity contribution in [2.24, 2.45) is 0 Å². The number of ether oxygens (including phenoxy) is 1. The van der Waals surface area contributed by atoms with Crippen molar-refractivity contribution in [1.29, 1.82) is 0 Å². The van der Waals surface area contributed by atoms with Crippen LogP contribution in [0.5, 0.6) is 0 Å². The Morgan fingerprint density at radius 2 is 2.00 bits per heavy atom. The highest BCUT2D eigenvalue weighted by Gasteiger charge is 2.39. The zero-order chi connectivity index (χ0) is 11.1. The molecule has 0 aromatic rings. The summed E-state index contributed by atoms with van der Waals surface area (Å²) in [5.41, 5.74) is -0.0994. The largest absolute Gasteiger partial charge is 0.373 e. The van der Waals surface area contributed by atoms with Gasteiger partial charge in [0.1, 0.15) is 0 Å². The SMILES string of the molecule is C#CC(NCC)C1(OCC)CCCCC1. The average molecular weight is 209 g/mol. The standard InChI is InChI=1S/C13H23NO/c1-4-12(14-5-2)13(15-6-3)10-8-7-9-11-13/h1,12,14H,5-11H2,2-3H3. The molecule has 1 rings (SSSR count). The molecule has 0 amide bonds. The maximum atomic E-state index is 5.97. The number of rotatable bonds is 5. The van der Waals surface area contributed by atoms with Gasteiger partial charge in [-0.05, 0) is 26.3 Å². The third kappa shape index (κ3) is 2.96. The molecule has 2 nitrogen and oxygen atoms in total. The Bertz CT molecular complexity index is 208. The van der Waals surface area contributed by atoms with E-state index in [4.69, 9.17) is 11.2 Å². The lowest BCUT2D eigenvalue weighted by Crippen LogP contribution is -2.53. The Labute approximate surface area is 93.8 Å². The van der Waals surface area contributed by atoms with Gasteiger partial charge < -0.3 is 10.1 Å². The molecule has 0 spiro atoms. The quantitative estimate of drug-likeness (QED) is 0.702. The maximum Gasteiger partial charge on any atom is 0.0981 e. The summed E-state index contributed by atoms with van der Waals surface area (Å²) in [7, 11) is 0. The van der Waals surface area contributed by atoms with Gasteiger partial charge in [-0.1, -0.05) is 32.1 Å². The number of hydrogen-bond donors (Lipinski definition) is 1. The average Bonchev–Trinajstić information content (AvgIpc) is 2.27. The topological polar surface area (TPSA) is 21.3 Å². The van der Waals surface area contributed by atoms with Crippen LogP contribution in [0.4, 0.5) is 0 Å². The highest BCUT2D eigenvalue weighted by atomic mass is 16.5. The molecule has 1 aliphatic rings. The lowest BCUT2D eigenvalue weighted by Gasteiger charge is -2.41. The highest BCUT2D eigenvalue weighted by Crippen LogP contribution is 2.34. The van der Waals surface area contributed by atoms with Crippen LogP contribution in [-0.4, -0.2) is 24.8 Å². The van der Waals surface area contributed by atoms with E-state index in [1.54, 1.807) is 0 Å². The summed E-state index contributed by atoms with van der Waals surface area (Å²) < 4.78 is 5.97. The molecule has 1 N–H and O–H groups in total. The summed E-state index contributed by atoms with van der Waals surface area (Å²) >= 11 is 0. The summed E-state index contributed by atoms with van der Waals surface area (Å²) in [6.07, 6.45) is 11.6. The zero-order valence-electron chi connectivity index (χ0n) is 10.0. The van der Waals surface area contributed by atoms with Gasteiger partial charge >= 0.3 is 0 Å². The van der Waals surface area contributed by atoms with Gasteiger partial charge in [-0.3, -0.25) is 0 Å². The van der Waals surface area contributed by atoms with Gasteiger partial charge in [0.05, 0.1) is 11.6 Å². The van der Waals surface area contributed by atoms with Crippen molar-refractivity contribution < 1.29 is 4.74 Å². The molecular formula is C13H23NO. The molecule has 0 aromatic carbocycles. The minimum atomic E-state index is -0.0994. The number of likely N-dealkylation sites (N-methyl/N-ethyl adjacent to an activating group) is 1. The van der Waals surface area contributed by atoms with Crippen LogP contribution < -0.4 is 5.32 Å². The van der Waals surface area contributed by atoms with E-state index in [0.717, 1.165) is 26.0 Å². The Hall–Kier alpha value is -0.520. The van der Waals surface area contributed by atoms with Crippen molar-refractivity contribution in [2.45, 2.75) is 57.6 Å². The first-order valence-corrected chi connectivity index (χ1v) is 6.12. The second-order valence-corrected chi connectivity index (χ2v) is 4.22. The van der Waals surface area contributed by atoms with Crippen molar-refractivity contribution in [3.63, 3.8) is 0 Å². The second kappa shape index (κ2) is 6.15. The molecule has 0 aromatic heterocycles. The van der Waals surface area contributed by atoms with Gasteiger partial charge in [-0.2, -0.15) is 0 Å². The lowest BCUT2D eigenvalue weighted by molar-refractivity contribution is -0.0773. The van der Waals surface area contributed by atoms with E-state index in [-0.39, 0.29) is 11.6 Å². The van der Waals surface area contributed by atoms with Gasteiger partial charge in [0, 0.05) is 6.61 Å². The smallest absolute Gasteiger partial charge is 0.0981 e. The summed E-state index contributed by atoms with van der Waals surface area (Å²) in [4.78, 5) is 0. The van der Waals surface area contributed by atoms with Gasteiger partial charge in [-0.15, -0.1) is 6.42 Å². The van der Waals surface area contributed by atoms with Crippen LogP contribution in [0.2, 0.25) is 0 Å². The molecule has 1 fully saturated rings. The molecule has 1 unspecified atom stereocenters. The minimum absolute atomic E-state index is 0.0720. The van der Waals surface area contributed by atoms with Crippen molar-refractivity contribution >= 4 is 0 Å². The number of hydrogen-bond acceptors (Lipinski definition) is 2. The van der Waals surface area contributed by atoms with E-state index in [9.17, 15) is 0 Å². The van der Waals surface area contributed by atoms with Crippen LogP contribution in [0.3, 0.4) is 0 Å². The molecule has 1 saturated carbocycles. The fraction of sp³-hybridized carbons (Fsp3) is 0.846. The van der Waals surface area contributed by atoms with E-state index in [1.165, 1.54) is 19.3 Å². The van der Waals surface area contributed by atoms with E-state index < -0.39 is 0 Å². The van der Waals surface area contributed by atoms with Gasteiger partial charge in [-0.25, -0.2) is 0 Å². The van der Waals surface area contributed by atoms with Crippen LogP contribution in [0.15, 0.2) is 0 Å². The summed E-state index contributed by atoms with van der Waals surface area (Å²) in [5, 5.41) is 3.37. The third-order valence-electron chi connectivity index (χ3n) is 3.23. The van der Waals surface area contributed by atoms with E-state index in [1.807, 2.05) is 0 Å². The molecule has 1 aliphatic carbocycles. The molecule has 86 valence electrons. The van der Waals surface area contributed by atoms with Crippen LogP contribution in [0.1, 0.15) is 46.0 Å². The Morgan fingerprint density at radius 3 is 2.47 bits per heavy atom. The molecule has 0 bridgehead atoms. The predicted molar refractivity (Wildman–Crippen MR) is 63.7 cm³/mol. The van der Waals surface area contributed by atoms with Crippen molar-refractivity contribution in [2.75, 3.05) is 13.2 Å². The summed E-state index contributed by atoms with van der Waals surface area (Å²) in [5.74, 6) is 2.86. The van der Waals surface area contributed by atoms with Gasteiger partial charge in [0.15, 0.2) is 0 Å². The van der Waals surface area contributed by atoms with Crippen LogP contribution >= 0.6 is 0 Å². The Morgan fingerprint density at radius 1 is 1.33 bits per heavy atom. The van der Waals surface area contributed by atoms with Crippen molar-refractivity contribution in [3.05, 3.63) is 0 Å². The van der Waals surface area contributed by atoms with E-state index in [0.29, 0.717) is 0 Å². The van der Waals surface area contributed by atoms with Crippen LogP contribution in [0, 0.1) is 12.3 Å². The number of nitrogens with one attached hydrogen (secondary N) is 1. The first-order valence-electron chi connectivity index (χ1n) is 6.12. The highest BCUT2D eigenvalue weighted by molar-refractivity contribution is 5.11. The van der Waals surface area contributed by atoms with Crippen LogP contribution in [0.25, 0.3) is 0 Å². The summed E-state index contributed by atoms with van der Waals surface area (Å²) in [6, 6.07) is 0.0720. The van der Waals surface area contributed by atoms with Gasteiger partial charge in [0.25, 0.3) is 0 Å². The monoisotopic (exact) mass is 209 g/mol. The van der Waals surface area contributed by atoms with Gasteiger partial charge in [0.2, 0.25) is 0 Å².